The van der Waals surface area contributed by atoms with Crippen molar-refractivity contribution >= 4 is 24.4 Å². The highest BCUT2D eigenvalue weighted by Crippen LogP contribution is 2.36. The van der Waals surface area contributed by atoms with Crippen LogP contribution in [0.1, 0.15) is 33.5 Å². The summed E-state index contributed by atoms with van der Waals surface area (Å²) in [5.41, 5.74) is -0.00809. The summed E-state index contributed by atoms with van der Waals surface area (Å²) in [6.45, 7) is 8.05. The van der Waals surface area contributed by atoms with E-state index in [1.165, 1.54) is 0 Å². The fourth-order valence-corrected chi connectivity index (χ4v) is 1.70. The van der Waals surface area contributed by atoms with Crippen molar-refractivity contribution in [2.24, 2.45) is 0 Å². The first-order chi connectivity index (χ1) is 7.36. The Morgan fingerprint density at radius 2 is 1.69 bits per heavy atom. The summed E-state index contributed by atoms with van der Waals surface area (Å²) in [5.74, 6) is 1.09. The molecule has 1 aliphatic rings. The maximum absolute atomic E-state index is 5.85. The smallest absolute Gasteiger partial charge is 0.468 e. The summed E-state index contributed by atoms with van der Waals surface area (Å²) in [7, 11) is -0.443. The third-order valence-electron chi connectivity index (χ3n) is 3.30. The van der Waals surface area contributed by atoms with Crippen LogP contribution in [-0.2, 0) is 15.2 Å². The van der Waals surface area contributed by atoms with Crippen molar-refractivity contribution in [3.05, 3.63) is 17.9 Å². The minimum absolute atomic E-state index is 0.342. The molecule has 88 valence electrons. The molecule has 0 bridgehead atoms. The average Bonchev–Trinajstić information content (AvgIpc) is 2.70. The minimum Gasteiger partial charge on any atom is -0.468 e. The number of furan rings is 1. The maximum Gasteiger partial charge on any atom is 0.532 e. The summed E-state index contributed by atoms with van der Waals surface area (Å²) in [5, 5.41) is 0. The van der Waals surface area contributed by atoms with Gasteiger partial charge in [0.25, 0.3) is 0 Å². The second-order valence-corrected chi connectivity index (χ2v) is 5.29. The Morgan fingerprint density at radius 3 is 2.12 bits per heavy atom. The zero-order valence-corrected chi connectivity index (χ0v) is 10.8. The quantitative estimate of drug-likeness (QED) is 0.589. The normalized spacial score (nSPS) is 22.7. The van der Waals surface area contributed by atoms with Crippen LogP contribution in [0.25, 0.3) is 0 Å². The van der Waals surface area contributed by atoms with Crippen molar-refractivity contribution in [3.63, 3.8) is 0 Å². The summed E-state index contributed by atoms with van der Waals surface area (Å²) < 4.78 is 17.2. The second kappa shape index (κ2) is 3.79. The van der Waals surface area contributed by atoms with Crippen LogP contribution in [0.3, 0.4) is 0 Å². The molecule has 3 nitrogen and oxygen atoms in total. The standard InChI is InChI=1S/C11H16BClO3/c1-10(2)11(3,4)16-12(15-10)9-6-5-8(7-13)14-9/h5-6H,7H2,1-4H3. The Labute approximate surface area is 101 Å². The molecule has 0 aromatic carbocycles. The fraction of sp³-hybridized carbons (Fsp3) is 0.636. The zero-order chi connectivity index (χ0) is 12.0. The van der Waals surface area contributed by atoms with E-state index in [9.17, 15) is 0 Å². The van der Waals surface area contributed by atoms with Crippen LogP contribution in [0, 0.1) is 0 Å². The SMILES string of the molecule is CC1(C)OB(c2ccc(CCl)o2)OC1(C)C. The third-order valence-corrected chi connectivity index (χ3v) is 3.56. The van der Waals surface area contributed by atoms with Gasteiger partial charge in [-0.25, -0.2) is 0 Å². The molecule has 1 saturated heterocycles. The monoisotopic (exact) mass is 242 g/mol. The lowest BCUT2D eigenvalue weighted by Crippen LogP contribution is -2.41. The van der Waals surface area contributed by atoms with Crippen molar-refractivity contribution in [2.45, 2.75) is 44.8 Å². The van der Waals surface area contributed by atoms with Crippen molar-refractivity contribution in [1.29, 1.82) is 0 Å². The maximum atomic E-state index is 5.85. The van der Waals surface area contributed by atoms with Gasteiger partial charge >= 0.3 is 7.12 Å². The highest BCUT2D eigenvalue weighted by atomic mass is 35.5. The van der Waals surface area contributed by atoms with Gasteiger partial charge < -0.3 is 13.7 Å². The van der Waals surface area contributed by atoms with Crippen LogP contribution in [0.5, 0.6) is 0 Å². The lowest BCUT2D eigenvalue weighted by atomic mass is 9.86. The van der Waals surface area contributed by atoms with E-state index >= 15 is 0 Å². The van der Waals surface area contributed by atoms with Crippen LogP contribution < -0.4 is 5.66 Å². The highest BCUT2D eigenvalue weighted by molar-refractivity contribution is 6.60. The van der Waals surface area contributed by atoms with Crippen LogP contribution in [0.2, 0.25) is 0 Å². The second-order valence-electron chi connectivity index (χ2n) is 5.03. The lowest BCUT2D eigenvalue weighted by molar-refractivity contribution is 0.00578. The Morgan fingerprint density at radius 1 is 1.12 bits per heavy atom. The molecule has 5 heteroatoms. The largest absolute Gasteiger partial charge is 0.532 e. The summed E-state index contributed by atoms with van der Waals surface area (Å²) in [4.78, 5) is 0. The van der Waals surface area contributed by atoms with Gasteiger partial charge in [0, 0.05) is 0 Å². The highest BCUT2D eigenvalue weighted by Gasteiger charge is 2.53. The van der Waals surface area contributed by atoms with Crippen molar-refractivity contribution in [1.82, 2.24) is 0 Å². The molecule has 0 saturated carbocycles. The topological polar surface area (TPSA) is 31.6 Å². The molecule has 0 spiro atoms. The third kappa shape index (κ3) is 1.90. The van der Waals surface area contributed by atoms with Crippen LogP contribution in [-0.4, -0.2) is 18.3 Å². The van der Waals surface area contributed by atoms with Crippen LogP contribution >= 0.6 is 11.6 Å². The molecule has 0 N–H and O–H groups in total. The van der Waals surface area contributed by atoms with E-state index in [0.717, 1.165) is 5.76 Å². The predicted molar refractivity (Wildman–Crippen MR) is 64.0 cm³/mol. The first kappa shape index (κ1) is 12.0. The average molecular weight is 243 g/mol. The Hall–Kier alpha value is -0.445. The first-order valence-electron chi connectivity index (χ1n) is 5.36. The molecule has 1 fully saturated rings. The molecule has 16 heavy (non-hydrogen) atoms. The molecule has 2 heterocycles. The zero-order valence-electron chi connectivity index (χ0n) is 10.0. The van der Waals surface area contributed by atoms with E-state index < -0.39 is 7.12 Å². The van der Waals surface area contributed by atoms with Gasteiger partial charge in [0.1, 0.15) is 11.4 Å². The molecule has 0 unspecified atom stereocenters. The summed E-state index contributed by atoms with van der Waals surface area (Å²) in [6, 6.07) is 3.69. The van der Waals surface area contributed by atoms with Crippen molar-refractivity contribution in [2.75, 3.05) is 0 Å². The molecule has 0 amide bonds. The molecule has 0 radical (unpaired) electrons. The molecule has 2 rings (SSSR count). The number of rotatable bonds is 2. The van der Waals surface area contributed by atoms with Gasteiger partial charge in [-0.1, -0.05) is 0 Å². The lowest BCUT2D eigenvalue weighted by Gasteiger charge is -2.32. The Bertz CT molecular complexity index is 370. The van der Waals surface area contributed by atoms with Crippen LogP contribution in [0.15, 0.2) is 16.5 Å². The Kier molecular flexibility index (Phi) is 2.85. The van der Waals surface area contributed by atoms with Gasteiger partial charge in [-0.2, -0.15) is 0 Å². The number of alkyl halides is 1. The van der Waals surface area contributed by atoms with Gasteiger partial charge in [0.05, 0.1) is 17.1 Å². The summed E-state index contributed by atoms with van der Waals surface area (Å²) in [6.07, 6.45) is 0. The van der Waals surface area contributed by atoms with E-state index in [2.05, 4.69) is 0 Å². The summed E-state index contributed by atoms with van der Waals surface area (Å²) >= 11 is 5.68. The van der Waals surface area contributed by atoms with Gasteiger partial charge in [0.2, 0.25) is 0 Å². The first-order valence-corrected chi connectivity index (χ1v) is 5.89. The molecule has 1 aromatic rings. The fourth-order valence-electron chi connectivity index (χ4n) is 1.55. The van der Waals surface area contributed by atoms with Crippen LogP contribution in [0.4, 0.5) is 0 Å². The number of hydrogen-bond donors (Lipinski definition) is 0. The van der Waals surface area contributed by atoms with E-state index in [1.807, 2.05) is 39.8 Å². The number of hydrogen-bond acceptors (Lipinski definition) is 3. The molecule has 0 aliphatic carbocycles. The van der Waals surface area contributed by atoms with Gasteiger partial charge in [0.15, 0.2) is 0 Å². The van der Waals surface area contributed by atoms with E-state index in [-0.39, 0.29) is 11.2 Å². The Balaban J connectivity index is 2.20. The van der Waals surface area contributed by atoms with Crippen molar-refractivity contribution < 1.29 is 13.7 Å². The van der Waals surface area contributed by atoms with Gasteiger partial charge in [-0.3, -0.25) is 0 Å². The minimum atomic E-state index is -0.443. The van der Waals surface area contributed by atoms with E-state index in [0.29, 0.717) is 11.5 Å². The molecule has 1 aliphatic heterocycles. The predicted octanol–water partition coefficient (Wildman–Crippen LogP) is 2.32. The molecule has 1 aromatic heterocycles. The van der Waals surface area contributed by atoms with E-state index in [4.69, 9.17) is 25.3 Å². The van der Waals surface area contributed by atoms with Gasteiger partial charge in [-0.15, -0.1) is 11.6 Å². The van der Waals surface area contributed by atoms with Gasteiger partial charge in [-0.05, 0) is 39.8 Å². The van der Waals surface area contributed by atoms with E-state index in [1.54, 1.807) is 0 Å². The van der Waals surface area contributed by atoms with Crippen molar-refractivity contribution in [3.8, 4) is 0 Å². The molecular formula is C11H16BClO3. The number of halogens is 1. The molecular weight excluding hydrogens is 226 g/mol. The molecule has 0 atom stereocenters.